The van der Waals surface area contributed by atoms with Gasteiger partial charge in [-0.25, -0.2) is 0 Å². The van der Waals surface area contributed by atoms with Crippen molar-refractivity contribution in [3.05, 3.63) is 22.2 Å². The smallest absolute Gasteiger partial charge is 0.133 e. The molecule has 1 aromatic carbocycles. The number of hydrogen-bond acceptors (Lipinski definition) is 3. The standard InChI is InChI=1S/C9H9BrO3/c1-13-7-4-6(2-3-11)9(12)8(10)5-7/h3-5,12H,2H2,1H3. The van der Waals surface area contributed by atoms with Gasteiger partial charge in [-0.3, -0.25) is 0 Å². The quantitative estimate of drug-likeness (QED) is 0.827. The molecule has 13 heavy (non-hydrogen) atoms. The van der Waals surface area contributed by atoms with E-state index in [1.54, 1.807) is 12.1 Å². The van der Waals surface area contributed by atoms with Crippen LogP contribution in [0.1, 0.15) is 5.56 Å². The lowest BCUT2D eigenvalue weighted by Gasteiger charge is -2.06. The number of halogens is 1. The summed E-state index contributed by atoms with van der Waals surface area (Å²) in [5.74, 6) is 0.703. The van der Waals surface area contributed by atoms with Gasteiger partial charge >= 0.3 is 0 Å². The first-order valence-corrected chi connectivity index (χ1v) is 4.47. The Kier molecular flexibility index (Phi) is 3.31. The van der Waals surface area contributed by atoms with Gasteiger partial charge in [0.2, 0.25) is 0 Å². The number of phenolic OH excluding ortho intramolecular Hbond substituents is 1. The minimum Gasteiger partial charge on any atom is -0.506 e. The highest BCUT2D eigenvalue weighted by Crippen LogP contribution is 2.32. The zero-order chi connectivity index (χ0) is 9.84. The van der Waals surface area contributed by atoms with Crippen molar-refractivity contribution in [3.8, 4) is 11.5 Å². The third-order valence-corrected chi connectivity index (χ3v) is 2.26. The molecule has 0 saturated heterocycles. The summed E-state index contributed by atoms with van der Waals surface area (Å²) in [6.07, 6.45) is 0.919. The van der Waals surface area contributed by atoms with Gasteiger partial charge in [0, 0.05) is 12.0 Å². The van der Waals surface area contributed by atoms with E-state index >= 15 is 0 Å². The van der Waals surface area contributed by atoms with Gasteiger partial charge in [-0.15, -0.1) is 0 Å². The number of methoxy groups -OCH3 is 1. The molecule has 0 fully saturated rings. The van der Waals surface area contributed by atoms with Gasteiger partial charge in [0.05, 0.1) is 11.6 Å². The lowest BCUT2D eigenvalue weighted by Crippen LogP contribution is -1.90. The number of aromatic hydroxyl groups is 1. The summed E-state index contributed by atoms with van der Waals surface area (Å²) >= 11 is 3.16. The summed E-state index contributed by atoms with van der Waals surface area (Å²) in [6, 6.07) is 3.28. The Morgan fingerprint density at radius 2 is 2.31 bits per heavy atom. The summed E-state index contributed by atoms with van der Waals surface area (Å²) in [5.41, 5.74) is 0.557. The zero-order valence-corrected chi connectivity index (χ0v) is 8.67. The maximum Gasteiger partial charge on any atom is 0.133 e. The summed E-state index contributed by atoms with van der Waals surface area (Å²) in [4.78, 5) is 10.3. The van der Waals surface area contributed by atoms with Gasteiger partial charge < -0.3 is 14.6 Å². The van der Waals surface area contributed by atoms with E-state index in [4.69, 9.17) is 4.74 Å². The van der Waals surface area contributed by atoms with Crippen molar-refractivity contribution in [2.24, 2.45) is 0 Å². The van der Waals surface area contributed by atoms with Crippen LogP contribution in [0.4, 0.5) is 0 Å². The number of hydrogen-bond donors (Lipinski definition) is 1. The van der Waals surface area contributed by atoms with Gasteiger partial charge in [-0.2, -0.15) is 0 Å². The van der Waals surface area contributed by atoms with Gasteiger partial charge in [-0.05, 0) is 28.1 Å². The summed E-state index contributed by atoms with van der Waals surface area (Å²) in [5, 5.41) is 9.49. The first-order chi connectivity index (χ1) is 6.19. The van der Waals surface area contributed by atoms with Crippen LogP contribution in [-0.2, 0) is 11.2 Å². The fourth-order valence-electron chi connectivity index (χ4n) is 0.992. The Hall–Kier alpha value is -1.03. The topological polar surface area (TPSA) is 46.5 Å². The molecule has 0 saturated carbocycles. The third-order valence-electron chi connectivity index (χ3n) is 1.65. The molecule has 0 radical (unpaired) electrons. The van der Waals surface area contributed by atoms with E-state index < -0.39 is 0 Å². The van der Waals surface area contributed by atoms with E-state index in [0.29, 0.717) is 15.8 Å². The van der Waals surface area contributed by atoms with Crippen molar-refractivity contribution in [1.82, 2.24) is 0 Å². The van der Waals surface area contributed by atoms with Crippen LogP contribution in [0.15, 0.2) is 16.6 Å². The molecule has 1 aromatic rings. The predicted molar refractivity (Wildman–Crippen MR) is 52.1 cm³/mol. The molecule has 0 aliphatic rings. The third kappa shape index (κ3) is 2.21. The first-order valence-electron chi connectivity index (χ1n) is 3.68. The highest BCUT2D eigenvalue weighted by molar-refractivity contribution is 9.10. The summed E-state index contributed by atoms with van der Waals surface area (Å²) in [7, 11) is 1.53. The van der Waals surface area contributed by atoms with Gasteiger partial charge in [0.15, 0.2) is 0 Å². The number of carbonyl (C=O) groups excluding carboxylic acids is 1. The van der Waals surface area contributed by atoms with Crippen LogP contribution in [0.5, 0.6) is 11.5 Å². The molecule has 70 valence electrons. The first kappa shape index (κ1) is 10.1. The van der Waals surface area contributed by atoms with Crippen LogP contribution < -0.4 is 4.74 Å². The largest absolute Gasteiger partial charge is 0.506 e. The predicted octanol–water partition coefficient (Wildman–Crippen LogP) is 1.90. The number of phenols is 1. The molecule has 0 aromatic heterocycles. The number of benzene rings is 1. The molecule has 1 N–H and O–H groups in total. The van der Waals surface area contributed by atoms with E-state index in [0.717, 1.165) is 6.29 Å². The molecule has 0 bridgehead atoms. The Morgan fingerprint density at radius 1 is 1.62 bits per heavy atom. The zero-order valence-electron chi connectivity index (χ0n) is 7.08. The van der Waals surface area contributed by atoms with Crippen molar-refractivity contribution >= 4 is 22.2 Å². The number of carbonyl (C=O) groups is 1. The van der Waals surface area contributed by atoms with Crippen molar-refractivity contribution in [3.63, 3.8) is 0 Å². The van der Waals surface area contributed by atoms with Crippen LogP contribution in [0.2, 0.25) is 0 Å². The van der Waals surface area contributed by atoms with Gasteiger partial charge in [0.1, 0.15) is 17.8 Å². The maximum atomic E-state index is 10.3. The molecular formula is C9H9BrO3. The number of aldehydes is 1. The minimum absolute atomic E-state index is 0.0906. The lowest BCUT2D eigenvalue weighted by atomic mass is 10.1. The van der Waals surface area contributed by atoms with Crippen LogP contribution in [0.3, 0.4) is 0 Å². The molecule has 3 nitrogen and oxygen atoms in total. The molecule has 0 amide bonds. The normalized spacial score (nSPS) is 9.69. The SMILES string of the molecule is COc1cc(Br)c(O)c(CC=O)c1. The van der Waals surface area contributed by atoms with E-state index in [2.05, 4.69) is 15.9 Å². The van der Waals surface area contributed by atoms with Gasteiger partial charge in [0.25, 0.3) is 0 Å². The van der Waals surface area contributed by atoms with Crippen molar-refractivity contribution in [2.75, 3.05) is 7.11 Å². The molecule has 0 spiro atoms. The second kappa shape index (κ2) is 4.28. The maximum absolute atomic E-state index is 10.3. The van der Waals surface area contributed by atoms with Crippen LogP contribution in [0, 0.1) is 0 Å². The molecule has 0 heterocycles. The molecule has 0 unspecified atom stereocenters. The van der Waals surface area contributed by atoms with Crippen LogP contribution in [0.25, 0.3) is 0 Å². The van der Waals surface area contributed by atoms with Crippen LogP contribution >= 0.6 is 15.9 Å². The minimum atomic E-state index is 0.0906. The number of ether oxygens (including phenoxy) is 1. The molecule has 0 aliphatic carbocycles. The van der Waals surface area contributed by atoms with Gasteiger partial charge in [-0.1, -0.05) is 0 Å². The van der Waals surface area contributed by atoms with Crippen LogP contribution in [-0.4, -0.2) is 18.5 Å². The Labute approximate surface area is 84.5 Å². The summed E-state index contributed by atoms with van der Waals surface area (Å²) in [6.45, 7) is 0. The highest BCUT2D eigenvalue weighted by atomic mass is 79.9. The van der Waals surface area contributed by atoms with E-state index in [1.807, 2.05) is 0 Å². The highest BCUT2D eigenvalue weighted by Gasteiger charge is 2.07. The molecule has 0 aliphatic heterocycles. The Bertz CT molecular complexity index is 323. The second-order valence-electron chi connectivity index (χ2n) is 2.49. The molecular weight excluding hydrogens is 236 g/mol. The molecule has 1 rings (SSSR count). The van der Waals surface area contributed by atoms with Crippen molar-refractivity contribution in [1.29, 1.82) is 0 Å². The summed E-state index contributed by atoms with van der Waals surface area (Å²) < 4.78 is 5.51. The average molecular weight is 245 g/mol. The van der Waals surface area contributed by atoms with E-state index in [1.165, 1.54) is 7.11 Å². The Balaban J connectivity index is 3.15. The monoisotopic (exact) mass is 244 g/mol. The molecule has 4 heteroatoms. The fraction of sp³-hybridized carbons (Fsp3) is 0.222. The fourth-order valence-corrected chi connectivity index (χ4v) is 1.47. The van der Waals surface area contributed by atoms with Crippen molar-refractivity contribution < 1.29 is 14.6 Å². The van der Waals surface area contributed by atoms with Crippen molar-refractivity contribution in [2.45, 2.75) is 6.42 Å². The van der Waals surface area contributed by atoms with E-state index in [9.17, 15) is 9.90 Å². The average Bonchev–Trinajstić information content (AvgIpc) is 2.13. The molecule has 0 atom stereocenters. The second-order valence-corrected chi connectivity index (χ2v) is 3.34. The lowest BCUT2D eigenvalue weighted by molar-refractivity contribution is -0.107. The number of rotatable bonds is 3. The Morgan fingerprint density at radius 3 is 2.85 bits per heavy atom. The van der Waals surface area contributed by atoms with E-state index in [-0.39, 0.29) is 12.2 Å².